The van der Waals surface area contributed by atoms with Gasteiger partial charge in [0.15, 0.2) is 17.8 Å². The Morgan fingerprint density at radius 3 is 2.81 bits per heavy atom. The van der Waals surface area contributed by atoms with Crippen molar-refractivity contribution in [3.63, 3.8) is 0 Å². The van der Waals surface area contributed by atoms with E-state index in [0.717, 1.165) is 16.6 Å². The maximum absolute atomic E-state index is 12.8. The lowest BCUT2D eigenvalue weighted by atomic mass is 10.1. The molecule has 0 atom stereocenters. The van der Waals surface area contributed by atoms with Crippen LogP contribution in [0, 0.1) is 6.92 Å². The molecule has 0 spiro atoms. The van der Waals surface area contributed by atoms with Crippen molar-refractivity contribution in [2.24, 2.45) is 0 Å². The molecule has 4 rings (SSSR count). The molecule has 2 aromatic heterocycles. The molecule has 0 radical (unpaired) electrons. The number of anilines is 1. The van der Waals surface area contributed by atoms with Crippen LogP contribution in [0.25, 0.3) is 22.2 Å². The summed E-state index contributed by atoms with van der Waals surface area (Å²) in [6, 6.07) is 16.8. The molecule has 1 amide bonds. The van der Waals surface area contributed by atoms with E-state index in [1.54, 1.807) is 13.2 Å². The number of nitrogens with zero attached hydrogens (tertiary/aromatic N) is 2. The molecule has 0 aliphatic heterocycles. The Balaban J connectivity index is 1.65. The van der Waals surface area contributed by atoms with Gasteiger partial charge in [-0.1, -0.05) is 18.2 Å². The fourth-order valence-electron chi connectivity index (χ4n) is 2.93. The van der Waals surface area contributed by atoms with Gasteiger partial charge in [0.2, 0.25) is 0 Å². The van der Waals surface area contributed by atoms with Crippen molar-refractivity contribution in [2.75, 3.05) is 12.4 Å². The number of carbonyl (C=O) groups is 1. The number of pyridine rings is 1. The number of fused-ring (bicyclic) bond motifs is 1. The SMILES string of the molecule is COc1ccccc1-c1ocnc1C(=O)Nc1ccc2nc(C)ccc2c1. The zero-order chi connectivity index (χ0) is 18.8. The smallest absolute Gasteiger partial charge is 0.278 e. The molecule has 0 saturated carbocycles. The van der Waals surface area contributed by atoms with E-state index in [1.807, 2.05) is 55.5 Å². The standard InChI is InChI=1S/C21H17N3O3/c1-13-7-8-14-11-15(9-10-17(14)23-13)24-21(25)19-20(27-12-22-19)16-5-3-4-6-18(16)26-2/h3-12H,1-2H3,(H,24,25). The van der Waals surface area contributed by atoms with Gasteiger partial charge in [-0.3, -0.25) is 9.78 Å². The van der Waals surface area contributed by atoms with E-state index in [4.69, 9.17) is 9.15 Å². The summed E-state index contributed by atoms with van der Waals surface area (Å²) in [6.07, 6.45) is 1.25. The number of benzene rings is 2. The number of rotatable bonds is 4. The lowest BCUT2D eigenvalue weighted by molar-refractivity contribution is 0.102. The van der Waals surface area contributed by atoms with Crippen LogP contribution >= 0.6 is 0 Å². The molecule has 6 nitrogen and oxygen atoms in total. The number of amides is 1. The molecule has 2 aromatic carbocycles. The summed E-state index contributed by atoms with van der Waals surface area (Å²) < 4.78 is 10.8. The minimum Gasteiger partial charge on any atom is -0.496 e. The third-order valence-corrected chi connectivity index (χ3v) is 4.22. The van der Waals surface area contributed by atoms with Crippen molar-refractivity contribution >= 4 is 22.5 Å². The summed E-state index contributed by atoms with van der Waals surface area (Å²) in [5.74, 6) is 0.613. The number of carbonyl (C=O) groups excluding carboxylic acids is 1. The summed E-state index contributed by atoms with van der Waals surface area (Å²) in [4.78, 5) is 21.3. The largest absolute Gasteiger partial charge is 0.496 e. The van der Waals surface area contributed by atoms with E-state index < -0.39 is 0 Å². The highest BCUT2D eigenvalue weighted by Crippen LogP contribution is 2.32. The van der Waals surface area contributed by atoms with Crippen LogP contribution in [0.3, 0.4) is 0 Å². The monoisotopic (exact) mass is 359 g/mol. The van der Waals surface area contributed by atoms with Crippen LogP contribution in [-0.2, 0) is 0 Å². The maximum atomic E-state index is 12.8. The van der Waals surface area contributed by atoms with Crippen molar-refractivity contribution in [2.45, 2.75) is 6.92 Å². The van der Waals surface area contributed by atoms with Crippen LogP contribution in [0.15, 0.2) is 65.4 Å². The Kier molecular flexibility index (Phi) is 4.30. The molecule has 4 aromatic rings. The van der Waals surface area contributed by atoms with Crippen molar-refractivity contribution in [3.8, 4) is 17.1 Å². The van der Waals surface area contributed by atoms with Crippen molar-refractivity contribution < 1.29 is 13.9 Å². The van der Waals surface area contributed by atoms with Gasteiger partial charge < -0.3 is 14.5 Å². The Bertz CT molecular complexity index is 1130. The zero-order valence-corrected chi connectivity index (χ0v) is 14.9. The molecule has 0 fully saturated rings. The molecular weight excluding hydrogens is 342 g/mol. The number of hydrogen-bond donors (Lipinski definition) is 1. The van der Waals surface area contributed by atoms with Gasteiger partial charge in [0.05, 0.1) is 18.2 Å². The number of hydrogen-bond acceptors (Lipinski definition) is 5. The van der Waals surface area contributed by atoms with Gasteiger partial charge in [-0.25, -0.2) is 4.98 Å². The number of aryl methyl sites for hydroxylation is 1. The van der Waals surface area contributed by atoms with E-state index in [1.165, 1.54) is 6.39 Å². The fourth-order valence-corrected chi connectivity index (χ4v) is 2.93. The molecule has 27 heavy (non-hydrogen) atoms. The van der Waals surface area contributed by atoms with E-state index in [2.05, 4.69) is 15.3 Å². The summed E-state index contributed by atoms with van der Waals surface area (Å²) in [5.41, 5.74) is 3.35. The molecular formula is C21H17N3O3. The van der Waals surface area contributed by atoms with E-state index >= 15 is 0 Å². The predicted molar refractivity (Wildman–Crippen MR) is 103 cm³/mol. The fraction of sp³-hybridized carbons (Fsp3) is 0.0952. The van der Waals surface area contributed by atoms with Crippen LogP contribution < -0.4 is 10.1 Å². The third-order valence-electron chi connectivity index (χ3n) is 4.22. The Morgan fingerprint density at radius 1 is 1.11 bits per heavy atom. The van der Waals surface area contributed by atoms with Gasteiger partial charge in [0.25, 0.3) is 5.91 Å². The number of oxazole rings is 1. The molecule has 0 saturated heterocycles. The van der Waals surface area contributed by atoms with Gasteiger partial charge in [-0.15, -0.1) is 0 Å². The average molecular weight is 359 g/mol. The highest BCUT2D eigenvalue weighted by atomic mass is 16.5. The molecule has 134 valence electrons. The molecule has 6 heteroatoms. The third kappa shape index (κ3) is 3.25. The predicted octanol–water partition coefficient (Wildman–Crippen LogP) is 4.46. The first-order valence-corrected chi connectivity index (χ1v) is 8.41. The van der Waals surface area contributed by atoms with Crippen LogP contribution in [0.1, 0.15) is 16.2 Å². The quantitative estimate of drug-likeness (QED) is 0.582. The van der Waals surface area contributed by atoms with Gasteiger partial charge in [0.1, 0.15) is 5.75 Å². The van der Waals surface area contributed by atoms with Crippen LogP contribution in [-0.4, -0.2) is 23.0 Å². The lowest BCUT2D eigenvalue weighted by Gasteiger charge is -2.08. The highest BCUT2D eigenvalue weighted by Gasteiger charge is 2.21. The minimum atomic E-state index is -0.357. The number of aromatic nitrogens is 2. The number of para-hydroxylation sites is 1. The van der Waals surface area contributed by atoms with Crippen molar-refractivity contribution in [3.05, 3.63) is 72.4 Å². The molecule has 0 unspecified atom stereocenters. The highest BCUT2D eigenvalue weighted by molar-refractivity contribution is 6.07. The zero-order valence-electron chi connectivity index (χ0n) is 14.9. The van der Waals surface area contributed by atoms with E-state index in [-0.39, 0.29) is 11.6 Å². The normalized spacial score (nSPS) is 10.7. The summed E-state index contributed by atoms with van der Waals surface area (Å²) in [7, 11) is 1.57. The molecule has 0 aliphatic rings. The van der Waals surface area contributed by atoms with Crippen LogP contribution in [0.4, 0.5) is 5.69 Å². The first-order valence-electron chi connectivity index (χ1n) is 8.41. The van der Waals surface area contributed by atoms with Gasteiger partial charge in [0, 0.05) is 16.8 Å². The molecule has 2 heterocycles. The summed E-state index contributed by atoms with van der Waals surface area (Å²) in [5, 5.41) is 3.82. The number of ether oxygens (including phenoxy) is 1. The molecule has 1 N–H and O–H groups in total. The van der Waals surface area contributed by atoms with Crippen molar-refractivity contribution in [1.29, 1.82) is 0 Å². The Hall–Kier alpha value is -3.67. The number of nitrogens with one attached hydrogen (secondary N) is 1. The van der Waals surface area contributed by atoms with Gasteiger partial charge >= 0.3 is 0 Å². The minimum absolute atomic E-state index is 0.196. The van der Waals surface area contributed by atoms with Gasteiger partial charge in [-0.05, 0) is 43.3 Å². The Labute approximate surface area is 155 Å². The summed E-state index contributed by atoms with van der Waals surface area (Å²) >= 11 is 0. The molecule has 0 bridgehead atoms. The van der Waals surface area contributed by atoms with Crippen LogP contribution in [0.5, 0.6) is 5.75 Å². The van der Waals surface area contributed by atoms with Crippen LogP contribution in [0.2, 0.25) is 0 Å². The Morgan fingerprint density at radius 2 is 1.96 bits per heavy atom. The second kappa shape index (κ2) is 6.92. The first-order chi connectivity index (χ1) is 13.2. The number of methoxy groups -OCH3 is 1. The molecule has 0 aliphatic carbocycles. The lowest BCUT2D eigenvalue weighted by Crippen LogP contribution is -2.13. The summed E-state index contributed by atoms with van der Waals surface area (Å²) in [6.45, 7) is 1.94. The van der Waals surface area contributed by atoms with E-state index in [9.17, 15) is 4.79 Å². The van der Waals surface area contributed by atoms with Gasteiger partial charge in [-0.2, -0.15) is 0 Å². The van der Waals surface area contributed by atoms with E-state index in [0.29, 0.717) is 22.8 Å². The first kappa shape index (κ1) is 16.8. The topological polar surface area (TPSA) is 77.2 Å². The second-order valence-electron chi connectivity index (χ2n) is 6.04. The second-order valence-corrected chi connectivity index (χ2v) is 6.04. The average Bonchev–Trinajstić information content (AvgIpc) is 3.18. The maximum Gasteiger partial charge on any atom is 0.278 e. The van der Waals surface area contributed by atoms with Crippen molar-refractivity contribution in [1.82, 2.24) is 9.97 Å².